The summed E-state index contributed by atoms with van der Waals surface area (Å²) in [6.07, 6.45) is 2.57. The van der Waals surface area contributed by atoms with Crippen molar-refractivity contribution in [2.45, 2.75) is 39.2 Å². The second-order valence-corrected chi connectivity index (χ2v) is 8.11. The second-order valence-electron chi connectivity index (χ2n) is 6.13. The summed E-state index contributed by atoms with van der Waals surface area (Å²) in [5.74, 6) is -0.372. The average Bonchev–Trinajstić information content (AvgIpc) is 2.33. The van der Waals surface area contributed by atoms with Gasteiger partial charge < -0.3 is 10.0 Å². The van der Waals surface area contributed by atoms with Crippen LogP contribution in [-0.2, 0) is 14.8 Å². The third-order valence-corrected chi connectivity index (χ3v) is 4.74. The predicted octanol–water partition coefficient (Wildman–Crippen LogP) is 0.277. The quantitative estimate of drug-likeness (QED) is 0.791. The fraction of sp³-hybridized carbons (Fsp3) is 0.923. The lowest BCUT2D eigenvalue weighted by molar-refractivity contribution is -0.139. The molecule has 1 aliphatic heterocycles. The molecule has 0 spiro atoms. The molecule has 1 aliphatic rings. The molecule has 0 bridgehead atoms. The first kappa shape index (κ1) is 17.4. The van der Waals surface area contributed by atoms with Gasteiger partial charge in [-0.05, 0) is 33.6 Å². The van der Waals surface area contributed by atoms with Crippen molar-refractivity contribution < 1.29 is 18.3 Å². The number of likely N-dealkylation sites (N-methyl/N-ethyl adjacent to an activating group) is 1. The van der Waals surface area contributed by atoms with Crippen molar-refractivity contribution in [2.75, 3.05) is 32.4 Å². The highest BCUT2D eigenvalue weighted by atomic mass is 32.2. The summed E-state index contributed by atoms with van der Waals surface area (Å²) in [5.41, 5.74) is -0.948. The third kappa shape index (κ3) is 5.03. The van der Waals surface area contributed by atoms with Gasteiger partial charge in [0.1, 0.15) is 0 Å². The van der Waals surface area contributed by atoms with Gasteiger partial charge >= 0.3 is 0 Å². The zero-order valence-corrected chi connectivity index (χ0v) is 13.6. The van der Waals surface area contributed by atoms with Crippen molar-refractivity contribution >= 4 is 15.9 Å². The van der Waals surface area contributed by atoms with Crippen LogP contribution in [0.3, 0.4) is 0 Å². The van der Waals surface area contributed by atoms with E-state index in [1.54, 1.807) is 18.7 Å². The monoisotopic (exact) mass is 306 g/mol. The van der Waals surface area contributed by atoms with Crippen molar-refractivity contribution in [1.29, 1.82) is 0 Å². The van der Waals surface area contributed by atoms with Gasteiger partial charge in [0.25, 0.3) is 0 Å². The van der Waals surface area contributed by atoms with E-state index in [4.69, 9.17) is 0 Å². The van der Waals surface area contributed by atoms with Crippen LogP contribution in [0.5, 0.6) is 0 Å². The summed E-state index contributed by atoms with van der Waals surface area (Å²) >= 11 is 0. The Balaban J connectivity index is 2.75. The van der Waals surface area contributed by atoms with Crippen LogP contribution < -0.4 is 0 Å². The second kappa shape index (κ2) is 6.41. The minimum atomic E-state index is -3.25. The zero-order chi connectivity index (χ0) is 15.6. The molecule has 1 fully saturated rings. The largest absolute Gasteiger partial charge is 0.389 e. The van der Waals surface area contributed by atoms with Crippen molar-refractivity contribution in [1.82, 2.24) is 9.21 Å². The zero-order valence-electron chi connectivity index (χ0n) is 12.8. The molecule has 0 unspecified atom stereocenters. The summed E-state index contributed by atoms with van der Waals surface area (Å²) in [6.45, 7) is 6.69. The van der Waals surface area contributed by atoms with E-state index in [1.807, 2.05) is 6.92 Å². The molecule has 1 atom stereocenters. The Labute approximate surface area is 121 Å². The number of sulfonamides is 1. The van der Waals surface area contributed by atoms with E-state index in [-0.39, 0.29) is 24.9 Å². The van der Waals surface area contributed by atoms with Crippen molar-refractivity contribution in [2.24, 2.45) is 5.92 Å². The Kier molecular flexibility index (Phi) is 5.57. The van der Waals surface area contributed by atoms with Gasteiger partial charge in [-0.2, -0.15) is 0 Å². The standard InChI is InChI=1S/C13H26N2O4S/c1-5-14(10-13(2,3)17)12(16)11-7-6-8-15(9-11)20(4,18)19/h11,17H,5-10H2,1-4H3/t11-/m0/s1. The Morgan fingerprint density at radius 3 is 2.50 bits per heavy atom. The molecule has 0 saturated carbocycles. The molecule has 20 heavy (non-hydrogen) atoms. The van der Waals surface area contributed by atoms with E-state index in [1.165, 1.54) is 10.6 Å². The molecule has 1 N–H and O–H groups in total. The number of hydrogen-bond donors (Lipinski definition) is 1. The molecule has 6 nitrogen and oxygen atoms in total. The number of hydrogen-bond acceptors (Lipinski definition) is 4. The maximum Gasteiger partial charge on any atom is 0.227 e. The van der Waals surface area contributed by atoms with E-state index in [9.17, 15) is 18.3 Å². The fourth-order valence-corrected chi connectivity index (χ4v) is 3.43. The number of aliphatic hydroxyl groups is 1. The van der Waals surface area contributed by atoms with Crippen molar-refractivity contribution in [3.63, 3.8) is 0 Å². The van der Waals surface area contributed by atoms with Crippen LogP contribution in [0.4, 0.5) is 0 Å². The van der Waals surface area contributed by atoms with Crippen molar-refractivity contribution in [3.05, 3.63) is 0 Å². The Bertz CT molecular complexity index is 442. The summed E-state index contributed by atoms with van der Waals surface area (Å²) in [5, 5.41) is 9.85. The van der Waals surface area contributed by atoms with Crippen molar-refractivity contribution in [3.8, 4) is 0 Å². The van der Waals surface area contributed by atoms with E-state index in [2.05, 4.69) is 0 Å². The molecule has 0 radical (unpaired) electrons. The number of carbonyl (C=O) groups is 1. The van der Waals surface area contributed by atoms with Crippen LogP contribution in [0.1, 0.15) is 33.6 Å². The number of carbonyl (C=O) groups excluding carboxylic acids is 1. The molecule has 0 aromatic heterocycles. The maximum atomic E-state index is 12.5. The molecule has 1 saturated heterocycles. The minimum absolute atomic E-state index is 0.0667. The molecule has 1 rings (SSSR count). The lowest BCUT2D eigenvalue weighted by atomic mass is 9.97. The first-order valence-corrected chi connectivity index (χ1v) is 8.85. The minimum Gasteiger partial charge on any atom is -0.389 e. The smallest absolute Gasteiger partial charge is 0.227 e. The molecular weight excluding hydrogens is 280 g/mol. The SMILES string of the molecule is CCN(CC(C)(C)O)C(=O)[C@H]1CCCN(S(C)(=O)=O)C1. The highest BCUT2D eigenvalue weighted by Gasteiger charge is 2.33. The van der Waals surface area contributed by atoms with E-state index in [0.29, 0.717) is 25.9 Å². The van der Waals surface area contributed by atoms with Gasteiger partial charge in [-0.25, -0.2) is 12.7 Å². The van der Waals surface area contributed by atoms with Gasteiger partial charge in [0, 0.05) is 26.2 Å². The van der Waals surface area contributed by atoms with Crippen LogP contribution >= 0.6 is 0 Å². The Hall–Kier alpha value is -0.660. The summed E-state index contributed by atoms with van der Waals surface area (Å²) in [6, 6.07) is 0. The van der Waals surface area contributed by atoms with E-state index >= 15 is 0 Å². The summed E-state index contributed by atoms with van der Waals surface area (Å²) in [4.78, 5) is 14.1. The Morgan fingerprint density at radius 1 is 1.45 bits per heavy atom. The molecule has 0 aromatic rings. The molecule has 7 heteroatoms. The third-order valence-electron chi connectivity index (χ3n) is 3.47. The fourth-order valence-electron chi connectivity index (χ4n) is 2.52. The lowest BCUT2D eigenvalue weighted by Gasteiger charge is -2.35. The van der Waals surface area contributed by atoms with Crippen LogP contribution in [0.15, 0.2) is 0 Å². The maximum absolute atomic E-state index is 12.5. The van der Waals surface area contributed by atoms with E-state index < -0.39 is 15.6 Å². The highest BCUT2D eigenvalue weighted by Crippen LogP contribution is 2.21. The molecule has 1 amide bonds. The molecule has 0 aromatic carbocycles. The summed E-state index contributed by atoms with van der Waals surface area (Å²) < 4.78 is 24.5. The van der Waals surface area contributed by atoms with Crippen LogP contribution in [0, 0.1) is 5.92 Å². The molecule has 1 heterocycles. The number of rotatable bonds is 5. The molecular formula is C13H26N2O4S. The van der Waals surface area contributed by atoms with E-state index in [0.717, 1.165) is 0 Å². The van der Waals surface area contributed by atoms with Gasteiger partial charge in [0.05, 0.1) is 17.8 Å². The number of piperidine rings is 1. The van der Waals surface area contributed by atoms with Crippen LogP contribution in [0.25, 0.3) is 0 Å². The highest BCUT2D eigenvalue weighted by molar-refractivity contribution is 7.88. The Morgan fingerprint density at radius 2 is 2.05 bits per heavy atom. The van der Waals surface area contributed by atoms with Gasteiger partial charge in [0.2, 0.25) is 15.9 Å². The van der Waals surface area contributed by atoms with Gasteiger partial charge in [-0.3, -0.25) is 4.79 Å². The lowest BCUT2D eigenvalue weighted by Crippen LogP contribution is -2.49. The summed E-state index contributed by atoms with van der Waals surface area (Å²) in [7, 11) is -3.25. The van der Waals surface area contributed by atoms with Gasteiger partial charge in [-0.1, -0.05) is 0 Å². The number of nitrogens with zero attached hydrogens (tertiary/aromatic N) is 2. The topological polar surface area (TPSA) is 77.9 Å². The first-order valence-electron chi connectivity index (χ1n) is 7.01. The van der Waals surface area contributed by atoms with Crippen LogP contribution in [-0.4, -0.2) is 66.7 Å². The molecule has 118 valence electrons. The van der Waals surface area contributed by atoms with Gasteiger partial charge in [-0.15, -0.1) is 0 Å². The number of amides is 1. The average molecular weight is 306 g/mol. The predicted molar refractivity (Wildman–Crippen MR) is 77.7 cm³/mol. The van der Waals surface area contributed by atoms with Crippen LogP contribution in [0.2, 0.25) is 0 Å². The van der Waals surface area contributed by atoms with Gasteiger partial charge in [0.15, 0.2) is 0 Å². The molecule has 0 aliphatic carbocycles. The first-order chi connectivity index (χ1) is 9.04. The normalized spacial score (nSPS) is 21.8.